The van der Waals surface area contributed by atoms with Crippen molar-refractivity contribution in [2.75, 3.05) is 9.80 Å². The summed E-state index contributed by atoms with van der Waals surface area (Å²) < 4.78 is 14.4. The Labute approximate surface area is 438 Å². The number of para-hydroxylation sites is 6. The highest BCUT2D eigenvalue weighted by atomic mass is 16.3. The minimum absolute atomic E-state index is 0.331. The minimum Gasteiger partial charge on any atom is -0.454 e. The van der Waals surface area contributed by atoms with E-state index >= 15 is 0 Å². The number of hydrogen-bond donors (Lipinski definition) is 0. The first kappa shape index (κ1) is 44.4. The van der Waals surface area contributed by atoms with E-state index in [1.54, 1.807) is 0 Å². The van der Waals surface area contributed by atoms with Crippen LogP contribution < -0.4 is 9.80 Å². The Hall–Kier alpha value is -8.08. The van der Waals surface area contributed by atoms with Gasteiger partial charge >= 0.3 is 0 Å². The van der Waals surface area contributed by atoms with Gasteiger partial charge in [0.25, 0.3) is 0 Å². The number of rotatable bonds is 8. The molecular weight excluding hydrogens is 913 g/mol. The van der Waals surface area contributed by atoms with Crippen molar-refractivity contribution in [1.29, 1.82) is 0 Å². The van der Waals surface area contributed by atoms with Crippen LogP contribution in [0.5, 0.6) is 0 Å². The van der Waals surface area contributed by atoms with Crippen molar-refractivity contribution in [3.63, 3.8) is 0 Å². The number of nitrogens with zero attached hydrogens (tertiary/aromatic N) is 2. The van der Waals surface area contributed by atoms with Crippen LogP contribution in [-0.2, 0) is 5.41 Å². The zero-order valence-electron chi connectivity index (χ0n) is 42.9. The molecule has 0 atom stereocenters. The fraction of sp³-hybridized carbons (Fsp3) is 0.211. The van der Waals surface area contributed by atoms with Gasteiger partial charge in [0.2, 0.25) is 0 Å². The average Bonchev–Trinajstić information content (AvgIpc) is 4.18. The topological polar surface area (TPSA) is 32.8 Å². The van der Waals surface area contributed by atoms with Crippen LogP contribution in [0.3, 0.4) is 0 Å². The van der Waals surface area contributed by atoms with Crippen LogP contribution in [0.4, 0.5) is 34.1 Å². The van der Waals surface area contributed by atoms with Crippen molar-refractivity contribution >= 4 is 99.5 Å². The molecular formula is C71H60N2O2. The molecule has 75 heavy (non-hydrogen) atoms. The normalized spacial score (nSPS) is 15.9. The number of fused-ring (bicyclic) bond motifs is 13. The molecule has 0 aliphatic heterocycles. The highest BCUT2D eigenvalue weighted by Gasteiger charge is 2.40. The molecule has 0 saturated heterocycles. The van der Waals surface area contributed by atoms with E-state index in [9.17, 15) is 0 Å². The first-order valence-electron chi connectivity index (χ1n) is 27.7. The summed E-state index contributed by atoms with van der Waals surface area (Å²) in [4.78, 5) is 4.86. The van der Waals surface area contributed by atoms with Gasteiger partial charge in [0, 0.05) is 49.4 Å². The van der Waals surface area contributed by atoms with Crippen LogP contribution in [0.1, 0.15) is 112 Å². The van der Waals surface area contributed by atoms with Gasteiger partial charge in [0.05, 0.1) is 17.1 Å². The molecule has 3 aliphatic rings. The molecule has 0 radical (unpaired) electrons. The van der Waals surface area contributed by atoms with E-state index in [4.69, 9.17) is 8.83 Å². The zero-order chi connectivity index (χ0) is 49.8. The molecule has 4 heteroatoms. The fourth-order valence-electron chi connectivity index (χ4n) is 14.3. The van der Waals surface area contributed by atoms with Gasteiger partial charge in [0.1, 0.15) is 11.2 Å². The molecule has 0 unspecified atom stereocenters. The summed E-state index contributed by atoms with van der Waals surface area (Å²) in [7, 11) is 0. The van der Waals surface area contributed by atoms with E-state index < -0.39 is 0 Å². The van der Waals surface area contributed by atoms with Gasteiger partial charge < -0.3 is 18.6 Å². The van der Waals surface area contributed by atoms with Crippen LogP contribution >= 0.6 is 0 Å². The molecule has 2 heterocycles. The quantitative estimate of drug-likeness (QED) is 0.152. The van der Waals surface area contributed by atoms with Crippen molar-refractivity contribution in [2.24, 2.45) is 0 Å². The number of furan rings is 2. The predicted octanol–water partition coefficient (Wildman–Crippen LogP) is 21.1. The van der Waals surface area contributed by atoms with Crippen LogP contribution in [0, 0.1) is 0 Å². The van der Waals surface area contributed by atoms with Crippen LogP contribution in [0.15, 0.2) is 203 Å². The monoisotopic (exact) mass is 972 g/mol. The lowest BCUT2D eigenvalue weighted by Gasteiger charge is -2.30. The van der Waals surface area contributed by atoms with Crippen molar-refractivity contribution in [2.45, 2.75) is 95.3 Å². The third kappa shape index (κ3) is 6.95. The molecule has 0 amide bonds. The molecule has 2 fully saturated rings. The Morgan fingerprint density at radius 2 is 0.867 bits per heavy atom. The molecule has 3 aliphatic carbocycles. The lowest BCUT2D eigenvalue weighted by atomic mass is 9.79. The standard InChI is InChI=1S/C71H60N2O2/c1-71(2)61-44-64(73(49-27-13-6-14-28-49)63-38-20-36-59-57-34-18-32-53(68(57)75-70(59)63)46-23-9-4-10-24-46)54-29-15-16-30-55(54)65(61)60-41-39-47-43-50(40-42-51(47)66(60)71)72(48-25-11-5-12-26-48)62-37-19-35-58-56-33-17-31-52(67(56)74-69(58)62)45-21-7-3-8-22-45/h5-6,11-20,25-46H,3-4,7-10,21-24H2,1-2H3. The Bertz CT molecular complexity index is 4190. The minimum atomic E-state index is -0.331. The average molecular weight is 973 g/mol. The molecule has 0 N–H and O–H groups in total. The maximum atomic E-state index is 7.23. The lowest BCUT2D eigenvalue weighted by Crippen LogP contribution is -2.17. The van der Waals surface area contributed by atoms with Gasteiger partial charge in [-0.15, -0.1) is 0 Å². The van der Waals surface area contributed by atoms with Gasteiger partial charge in [-0.1, -0.05) is 192 Å². The van der Waals surface area contributed by atoms with E-state index in [0.717, 1.165) is 67.2 Å². The van der Waals surface area contributed by atoms with Gasteiger partial charge in [-0.05, 0) is 142 Å². The first-order chi connectivity index (χ1) is 37.0. The van der Waals surface area contributed by atoms with Crippen molar-refractivity contribution < 1.29 is 8.83 Å². The molecule has 10 aromatic carbocycles. The van der Waals surface area contributed by atoms with Gasteiger partial charge in [-0.2, -0.15) is 0 Å². The third-order valence-electron chi connectivity index (χ3n) is 17.8. The van der Waals surface area contributed by atoms with Crippen molar-refractivity contribution in [3.8, 4) is 11.1 Å². The number of anilines is 6. The Kier molecular flexibility index (Phi) is 10.4. The molecule has 4 nitrogen and oxygen atoms in total. The van der Waals surface area contributed by atoms with E-state index in [2.05, 4.69) is 218 Å². The van der Waals surface area contributed by atoms with E-state index in [1.165, 1.54) is 130 Å². The van der Waals surface area contributed by atoms with E-state index in [0.29, 0.717) is 11.8 Å². The Balaban J connectivity index is 0.886. The second-order valence-electron chi connectivity index (χ2n) is 22.4. The SMILES string of the molecule is CC1(C)c2cc(N(c3ccccc3)c3cccc4c3oc3c(C5CCCCC5)cccc34)c3ccccc3c2-c2ccc3cc(N(c4ccccc4)c4cccc5c4oc4c(C6CCCCC6)cccc45)ccc3c21. The maximum absolute atomic E-state index is 7.23. The van der Waals surface area contributed by atoms with Crippen LogP contribution in [-0.4, -0.2) is 0 Å². The largest absolute Gasteiger partial charge is 0.454 e. The molecule has 12 aromatic rings. The third-order valence-corrected chi connectivity index (χ3v) is 17.8. The van der Waals surface area contributed by atoms with E-state index in [-0.39, 0.29) is 5.41 Å². The second-order valence-corrected chi connectivity index (χ2v) is 22.4. The second kappa shape index (κ2) is 17.5. The highest BCUT2D eigenvalue weighted by Crippen LogP contribution is 2.57. The summed E-state index contributed by atoms with van der Waals surface area (Å²) in [6.07, 6.45) is 12.7. The zero-order valence-corrected chi connectivity index (χ0v) is 42.9. The molecule has 2 saturated carbocycles. The predicted molar refractivity (Wildman–Crippen MR) is 315 cm³/mol. The number of hydrogen-bond acceptors (Lipinski definition) is 4. The van der Waals surface area contributed by atoms with Crippen LogP contribution in [0.2, 0.25) is 0 Å². The van der Waals surface area contributed by atoms with E-state index in [1.807, 2.05) is 0 Å². The fourth-order valence-corrected chi connectivity index (χ4v) is 14.3. The summed E-state index contributed by atoms with van der Waals surface area (Å²) in [6.45, 7) is 4.87. The molecule has 0 spiro atoms. The van der Waals surface area contributed by atoms with Crippen molar-refractivity contribution in [3.05, 3.63) is 216 Å². The van der Waals surface area contributed by atoms with Gasteiger partial charge in [-0.3, -0.25) is 0 Å². The summed E-state index contributed by atoms with van der Waals surface area (Å²) >= 11 is 0. The molecule has 366 valence electrons. The van der Waals surface area contributed by atoms with Gasteiger partial charge in [0.15, 0.2) is 11.2 Å². The summed E-state index contributed by atoms with van der Waals surface area (Å²) in [5.74, 6) is 1.07. The van der Waals surface area contributed by atoms with Gasteiger partial charge in [-0.25, -0.2) is 0 Å². The summed E-state index contributed by atoms with van der Waals surface area (Å²) in [5, 5.41) is 9.68. The smallest absolute Gasteiger partial charge is 0.159 e. The van der Waals surface area contributed by atoms with Crippen LogP contribution in [0.25, 0.3) is 76.5 Å². The highest BCUT2D eigenvalue weighted by molar-refractivity contribution is 6.16. The van der Waals surface area contributed by atoms with Crippen molar-refractivity contribution in [1.82, 2.24) is 0 Å². The first-order valence-corrected chi connectivity index (χ1v) is 27.7. The summed E-state index contributed by atoms with van der Waals surface area (Å²) in [5.41, 5.74) is 18.2. The maximum Gasteiger partial charge on any atom is 0.159 e. The molecule has 0 bridgehead atoms. The lowest BCUT2D eigenvalue weighted by molar-refractivity contribution is 0.442. The molecule has 2 aromatic heterocycles. The summed E-state index contributed by atoms with van der Waals surface area (Å²) in [6, 6.07) is 72.2. The molecule has 15 rings (SSSR count). The Morgan fingerprint density at radius 1 is 0.373 bits per heavy atom. The Morgan fingerprint density at radius 3 is 1.45 bits per heavy atom. The number of benzene rings is 10.